The minimum absolute atomic E-state index is 0.269. The Morgan fingerprint density at radius 1 is 1.15 bits per heavy atom. The van der Waals surface area contributed by atoms with E-state index in [1.807, 2.05) is 24.4 Å². The second kappa shape index (κ2) is 6.87. The quantitative estimate of drug-likeness (QED) is 0.737. The number of hydrogen-bond donors (Lipinski definition) is 2. The average Bonchev–Trinajstić information content (AvgIpc) is 3.01. The van der Waals surface area contributed by atoms with Gasteiger partial charge in [0.05, 0.1) is 5.69 Å². The van der Waals surface area contributed by atoms with Gasteiger partial charge in [0.15, 0.2) is 0 Å². The first-order chi connectivity index (χ1) is 12.4. The van der Waals surface area contributed by atoms with Crippen LogP contribution in [0.15, 0.2) is 53.6 Å². The molecular formula is C19H19N3O4. The Bertz CT molecular complexity index is 1050. The van der Waals surface area contributed by atoms with E-state index in [0.717, 1.165) is 15.5 Å². The number of amides is 1. The maximum atomic E-state index is 12.7. The largest absolute Gasteiger partial charge is 0.480 e. The third-order valence-corrected chi connectivity index (χ3v) is 4.11. The number of nitrogens with zero attached hydrogens (tertiary/aromatic N) is 2. The SMILES string of the molecule is CC(C)n1ccc2c(C(=O)Nc3ccc(=O)n(CC(=O)O)c3)cccc21. The molecule has 134 valence electrons. The van der Waals surface area contributed by atoms with Crippen molar-refractivity contribution >= 4 is 28.5 Å². The normalized spacial score (nSPS) is 11.0. The second-order valence-corrected chi connectivity index (χ2v) is 6.29. The number of aromatic nitrogens is 2. The lowest BCUT2D eigenvalue weighted by Crippen LogP contribution is -2.24. The van der Waals surface area contributed by atoms with Crippen LogP contribution in [0, 0.1) is 0 Å². The molecule has 0 aliphatic rings. The van der Waals surface area contributed by atoms with Crippen LogP contribution in [0.1, 0.15) is 30.2 Å². The summed E-state index contributed by atoms with van der Waals surface area (Å²) in [5.74, 6) is -1.45. The van der Waals surface area contributed by atoms with E-state index < -0.39 is 18.1 Å². The van der Waals surface area contributed by atoms with Crippen LogP contribution in [0.2, 0.25) is 0 Å². The summed E-state index contributed by atoms with van der Waals surface area (Å²) in [7, 11) is 0. The number of aliphatic carboxylic acids is 1. The number of rotatable bonds is 5. The molecule has 0 atom stereocenters. The predicted octanol–water partition coefficient (Wildman–Crippen LogP) is 2.72. The highest BCUT2D eigenvalue weighted by atomic mass is 16.4. The van der Waals surface area contributed by atoms with Gasteiger partial charge in [0, 0.05) is 41.0 Å². The van der Waals surface area contributed by atoms with E-state index >= 15 is 0 Å². The smallest absolute Gasteiger partial charge is 0.323 e. The van der Waals surface area contributed by atoms with Gasteiger partial charge in [-0.05, 0) is 38.1 Å². The van der Waals surface area contributed by atoms with E-state index in [2.05, 4.69) is 23.7 Å². The van der Waals surface area contributed by atoms with Crippen LogP contribution in [0.5, 0.6) is 0 Å². The van der Waals surface area contributed by atoms with Gasteiger partial charge < -0.3 is 19.6 Å². The number of carboxylic acids is 1. The van der Waals surface area contributed by atoms with E-state index in [4.69, 9.17) is 5.11 Å². The fourth-order valence-electron chi connectivity index (χ4n) is 2.91. The van der Waals surface area contributed by atoms with E-state index in [0.29, 0.717) is 11.3 Å². The molecule has 3 aromatic rings. The highest BCUT2D eigenvalue weighted by molar-refractivity contribution is 6.12. The molecule has 3 rings (SSSR count). The molecule has 0 radical (unpaired) electrons. The number of nitrogens with one attached hydrogen (secondary N) is 1. The third-order valence-electron chi connectivity index (χ3n) is 4.11. The Balaban J connectivity index is 1.93. The molecule has 0 saturated carbocycles. The van der Waals surface area contributed by atoms with Crippen molar-refractivity contribution in [2.24, 2.45) is 0 Å². The number of benzene rings is 1. The fraction of sp³-hybridized carbons (Fsp3) is 0.211. The van der Waals surface area contributed by atoms with Gasteiger partial charge in [-0.1, -0.05) is 6.07 Å². The number of anilines is 1. The predicted molar refractivity (Wildman–Crippen MR) is 98.6 cm³/mol. The minimum atomic E-state index is -1.13. The molecule has 0 aliphatic heterocycles. The Morgan fingerprint density at radius 2 is 1.92 bits per heavy atom. The van der Waals surface area contributed by atoms with Crippen molar-refractivity contribution in [1.29, 1.82) is 0 Å². The molecule has 0 bridgehead atoms. The van der Waals surface area contributed by atoms with Gasteiger partial charge in [-0.25, -0.2) is 0 Å². The van der Waals surface area contributed by atoms with Crippen LogP contribution in [0.4, 0.5) is 5.69 Å². The zero-order valence-electron chi connectivity index (χ0n) is 14.5. The number of fused-ring (bicyclic) bond motifs is 1. The third kappa shape index (κ3) is 3.37. The number of hydrogen-bond acceptors (Lipinski definition) is 3. The molecule has 0 spiro atoms. The standard InChI is InChI=1S/C19H19N3O4/c1-12(2)22-9-8-14-15(4-3-5-16(14)22)19(26)20-13-6-7-17(23)21(10-13)11-18(24)25/h3-10,12H,11H2,1-2H3,(H,20,26)(H,24,25). The maximum absolute atomic E-state index is 12.7. The van der Waals surface area contributed by atoms with Crippen molar-refractivity contribution in [3.05, 3.63) is 64.7 Å². The van der Waals surface area contributed by atoms with Crippen molar-refractivity contribution in [3.63, 3.8) is 0 Å². The Labute approximate surface area is 149 Å². The van der Waals surface area contributed by atoms with Crippen molar-refractivity contribution in [2.45, 2.75) is 26.4 Å². The maximum Gasteiger partial charge on any atom is 0.323 e. The molecule has 2 N–H and O–H groups in total. The van der Waals surface area contributed by atoms with E-state index in [1.165, 1.54) is 18.3 Å². The molecule has 1 aromatic carbocycles. The number of carbonyl (C=O) groups excluding carboxylic acids is 1. The van der Waals surface area contributed by atoms with Gasteiger partial charge in [0.2, 0.25) is 0 Å². The van der Waals surface area contributed by atoms with Crippen molar-refractivity contribution in [1.82, 2.24) is 9.13 Å². The lowest BCUT2D eigenvalue weighted by atomic mass is 10.1. The number of carboxylic acid groups (broad SMARTS) is 1. The molecule has 0 fully saturated rings. The topological polar surface area (TPSA) is 93.3 Å². The summed E-state index contributed by atoms with van der Waals surface area (Å²) in [6.45, 7) is 3.67. The molecular weight excluding hydrogens is 334 g/mol. The first-order valence-corrected chi connectivity index (χ1v) is 8.20. The van der Waals surface area contributed by atoms with Crippen LogP contribution in [0.25, 0.3) is 10.9 Å². The van der Waals surface area contributed by atoms with Crippen LogP contribution in [-0.2, 0) is 11.3 Å². The van der Waals surface area contributed by atoms with Crippen molar-refractivity contribution < 1.29 is 14.7 Å². The highest BCUT2D eigenvalue weighted by Crippen LogP contribution is 2.24. The van der Waals surface area contributed by atoms with Crippen LogP contribution >= 0.6 is 0 Å². The van der Waals surface area contributed by atoms with Gasteiger partial charge in [-0.2, -0.15) is 0 Å². The average molecular weight is 353 g/mol. The molecule has 2 heterocycles. The van der Waals surface area contributed by atoms with Gasteiger partial charge >= 0.3 is 5.97 Å². The Kier molecular flexibility index (Phi) is 4.62. The summed E-state index contributed by atoms with van der Waals surface area (Å²) in [5.41, 5.74) is 1.39. The second-order valence-electron chi connectivity index (χ2n) is 6.29. The lowest BCUT2D eigenvalue weighted by Gasteiger charge is -2.11. The molecule has 0 unspecified atom stereocenters. The Hall–Kier alpha value is -3.35. The van der Waals surface area contributed by atoms with Gasteiger partial charge in [0.25, 0.3) is 11.5 Å². The molecule has 0 saturated heterocycles. The van der Waals surface area contributed by atoms with E-state index in [-0.39, 0.29) is 11.9 Å². The number of carbonyl (C=O) groups is 2. The summed E-state index contributed by atoms with van der Waals surface area (Å²) >= 11 is 0. The molecule has 7 nitrogen and oxygen atoms in total. The fourth-order valence-corrected chi connectivity index (χ4v) is 2.91. The van der Waals surface area contributed by atoms with Crippen LogP contribution in [-0.4, -0.2) is 26.1 Å². The molecule has 2 aromatic heterocycles. The molecule has 7 heteroatoms. The summed E-state index contributed by atoms with van der Waals surface area (Å²) in [5, 5.41) is 12.4. The summed E-state index contributed by atoms with van der Waals surface area (Å²) in [6.07, 6.45) is 3.27. The van der Waals surface area contributed by atoms with Gasteiger partial charge in [0.1, 0.15) is 6.54 Å². The van der Waals surface area contributed by atoms with Gasteiger partial charge in [-0.15, -0.1) is 0 Å². The zero-order chi connectivity index (χ0) is 18.8. The zero-order valence-corrected chi connectivity index (χ0v) is 14.5. The first-order valence-electron chi connectivity index (χ1n) is 8.20. The van der Waals surface area contributed by atoms with Crippen molar-refractivity contribution in [2.75, 3.05) is 5.32 Å². The highest BCUT2D eigenvalue weighted by Gasteiger charge is 2.14. The first kappa shape index (κ1) is 17.5. The summed E-state index contributed by atoms with van der Waals surface area (Å²) in [6, 6.07) is 10.4. The Morgan fingerprint density at radius 3 is 2.62 bits per heavy atom. The molecule has 26 heavy (non-hydrogen) atoms. The molecule has 1 amide bonds. The van der Waals surface area contributed by atoms with E-state index in [9.17, 15) is 14.4 Å². The molecule has 0 aliphatic carbocycles. The van der Waals surface area contributed by atoms with Gasteiger partial charge in [-0.3, -0.25) is 14.4 Å². The van der Waals surface area contributed by atoms with Crippen LogP contribution < -0.4 is 10.9 Å². The minimum Gasteiger partial charge on any atom is -0.480 e. The monoisotopic (exact) mass is 353 g/mol. The van der Waals surface area contributed by atoms with E-state index in [1.54, 1.807) is 6.07 Å². The van der Waals surface area contributed by atoms with Crippen molar-refractivity contribution in [3.8, 4) is 0 Å². The lowest BCUT2D eigenvalue weighted by molar-refractivity contribution is -0.137. The number of pyridine rings is 1. The summed E-state index contributed by atoms with van der Waals surface area (Å²) in [4.78, 5) is 35.2. The summed E-state index contributed by atoms with van der Waals surface area (Å²) < 4.78 is 3.12. The van der Waals surface area contributed by atoms with Crippen LogP contribution in [0.3, 0.4) is 0 Å².